The largest absolute Gasteiger partial charge is 0.351 e. The number of likely N-dealkylation sites (N-methyl/N-ethyl adjacent to an activating group) is 1. The first-order valence-electron chi connectivity index (χ1n) is 9.84. The first kappa shape index (κ1) is 21.2. The Bertz CT molecular complexity index is 1030. The van der Waals surface area contributed by atoms with Crippen LogP contribution in [-0.2, 0) is 11.3 Å². The molecule has 2 N–H and O–H groups in total. The lowest BCUT2D eigenvalue weighted by Crippen LogP contribution is -2.31. The number of rotatable bonds is 8. The highest BCUT2D eigenvalue weighted by atomic mass is 32.1. The van der Waals surface area contributed by atoms with E-state index in [0.29, 0.717) is 53.7 Å². The molecule has 0 spiro atoms. The van der Waals surface area contributed by atoms with E-state index in [0.717, 1.165) is 19.5 Å². The van der Waals surface area contributed by atoms with E-state index in [4.69, 9.17) is 12.2 Å². The molecule has 3 rings (SSSR count). The molecule has 0 unspecified atom stereocenters. The number of aromatic nitrogens is 2. The molecule has 1 fully saturated rings. The van der Waals surface area contributed by atoms with Gasteiger partial charge in [-0.15, -0.1) is 0 Å². The van der Waals surface area contributed by atoms with Crippen molar-refractivity contribution in [1.29, 1.82) is 0 Å². The van der Waals surface area contributed by atoms with Gasteiger partial charge in [0.15, 0.2) is 4.77 Å². The highest BCUT2D eigenvalue weighted by molar-refractivity contribution is 7.71. The number of nitrogens with zero attached hydrogens (tertiary/aromatic N) is 3. The van der Waals surface area contributed by atoms with Crippen LogP contribution in [0.1, 0.15) is 29.6 Å². The van der Waals surface area contributed by atoms with E-state index in [9.17, 15) is 14.4 Å². The first-order valence-corrected chi connectivity index (χ1v) is 10.3. The van der Waals surface area contributed by atoms with E-state index in [2.05, 4.69) is 10.3 Å². The van der Waals surface area contributed by atoms with Crippen molar-refractivity contribution in [3.05, 3.63) is 38.9 Å². The number of carbonyl (C=O) groups is 2. The monoisotopic (exact) mass is 417 g/mol. The summed E-state index contributed by atoms with van der Waals surface area (Å²) in [6, 6.07) is 4.97. The summed E-state index contributed by atoms with van der Waals surface area (Å²) in [4.78, 5) is 43.8. The summed E-state index contributed by atoms with van der Waals surface area (Å²) >= 11 is 5.37. The van der Waals surface area contributed by atoms with E-state index in [1.165, 1.54) is 4.57 Å². The Kier molecular flexibility index (Phi) is 6.81. The van der Waals surface area contributed by atoms with Crippen LogP contribution in [-0.4, -0.2) is 71.4 Å². The number of hydrogen-bond donors (Lipinski definition) is 2. The highest BCUT2D eigenvalue weighted by Crippen LogP contribution is 2.12. The van der Waals surface area contributed by atoms with Gasteiger partial charge in [-0.25, -0.2) is 0 Å². The lowest BCUT2D eigenvalue weighted by Gasteiger charge is -2.16. The van der Waals surface area contributed by atoms with Gasteiger partial charge in [0.2, 0.25) is 5.91 Å². The third-order valence-electron chi connectivity index (χ3n) is 5.07. The van der Waals surface area contributed by atoms with Gasteiger partial charge in [0.05, 0.1) is 10.9 Å². The molecule has 0 radical (unpaired) electrons. The van der Waals surface area contributed by atoms with Crippen LogP contribution in [0.3, 0.4) is 0 Å². The number of aromatic amines is 1. The van der Waals surface area contributed by atoms with Gasteiger partial charge in [-0.1, -0.05) is 0 Å². The number of hydrogen-bond acceptors (Lipinski definition) is 5. The molecular weight excluding hydrogens is 390 g/mol. The third kappa shape index (κ3) is 5.10. The van der Waals surface area contributed by atoms with Gasteiger partial charge in [0.25, 0.3) is 11.5 Å². The van der Waals surface area contributed by atoms with E-state index in [1.54, 1.807) is 18.2 Å². The summed E-state index contributed by atoms with van der Waals surface area (Å²) in [7, 11) is 3.88. The van der Waals surface area contributed by atoms with Crippen LogP contribution >= 0.6 is 12.2 Å². The zero-order chi connectivity index (χ0) is 21.0. The van der Waals surface area contributed by atoms with Gasteiger partial charge >= 0.3 is 0 Å². The molecule has 0 saturated carbocycles. The van der Waals surface area contributed by atoms with Gasteiger partial charge in [-0.3, -0.25) is 19.0 Å². The predicted molar refractivity (Wildman–Crippen MR) is 115 cm³/mol. The lowest BCUT2D eigenvalue weighted by atomic mass is 10.1. The molecule has 0 atom stereocenters. The number of H-pyrrole nitrogens is 1. The lowest BCUT2D eigenvalue weighted by molar-refractivity contribution is -0.127. The van der Waals surface area contributed by atoms with Crippen LogP contribution < -0.4 is 10.9 Å². The molecule has 9 heteroatoms. The molecule has 156 valence electrons. The summed E-state index contributed by atoms with van der Waals surface area (Å²) in [5.41, 5.74) is 0.842. The minimum Gasteiger partial charge on any atom is -0.351 e. The zero-order valence-electron chi connectivity index (χ0n) is 16.9. The van der Waals surface area contributed by atoms with Crippen molar-refractivity contribution in [3.63, 3.8) is 0 Å². The number of amides is 2. The summed E-state index contributed by atoms with van der Waals surface area (Å²) < 4.78 is 1.84. The van der Waals surface area contributed by atoms with E-state index in [-0.39, 0.29) is 17.4 Å². The maximum absolute atomic E-state index is 12.9. The van der Waals surface area contributed by atoms with E-state index >= 15 is 0 Å². The predicted octanol–water partition coefficient (Wildman–Crippen LogP) is 1.36. The van der Waals surface area contributed by atoms with Crippen molar-refractivity contribution >= 4 is 34.9 Å². The normalized spacial score (nSPS) is 14.2. The SMILES string of the molecule is CN(C)CCNC(=O)c1ccc2c(=O)n(CCCN3CCCC3=O)c(=S)[nH]c2c1. The summed E-state index contributed by atoms with van der Waals surface area (Å²) in [6.45, 7) is 3.15. The second-order valence-corrected chi connectivity index (χ2v) is 7.93. The quantitative estimate of drug-likeness (QED) is 0.633. The van der Waals surface area contributed by atoms with Gasteiger partial charge in [0.1, 0.15) is 0 Å². The van der Waals surface area contributed by atoms with Crippen molar-refractivity contribution in [3.8, 4) is 0 Å². The molecule has 1 aliphatic rings. The average molecular weight is 418 g/mol. The maximum atomic E-state index is 12.9. The molecule has 0 bridgehead atoms. The Morgan fingerprint density at radius 1 is 1.28 bits per heavy atom. The van der Waals surface area contributed by atoms with Crippen molar-refractivity contribution in [2.45, 2.75) is 25.8 Å². The van der Waals surface area contributed by atoms with Gasteiger partial charge < -0.3 is 20.1 Å². The fraction of sp³-hybridized carbons (Fsp3) is 0.500. The Labute approximate surface area is 174 Å². The molecule has 1 saturated heterocycles. The standard InChI is InChI=1S/C20H27N5O3S/c1-23(2)12-8-21-18(27)14-6-7-15-16(13-14)22-20(29)25(19(15)28)11-4-10-24-9-3-5-17(24)26/h6-7,13H,3-5,8-12H2,1-2H3,(H,21,27)(H,22,29). The number of fused-ring (bicyclic) bond motifs is 1. The minimum absolute atomic E-state index is 0.178. The van der Waals surface area contributed by atoms with Crippen LogP contribution in [0, 0.1) is 4.77 Å². The summed E-state index contributed by atoms with van der Waals surface area (Å²) in [5, 5.41) is 3.34. The van der Waals surface area contributed by atoms with Crippen molar-refractivity contribution in [1.82, 2.24) is 24.7 Å². The van der Waals surface area contributed by atoms with Crippen molar-refractivity contribution < 1.29 is 9.59 Å². The first-order chi connectivity index (χ1) is 13.9. The topological polar surface area (TPSA) is 90.4 Å². The van der Waals surface area contributed by atoms with Crippen molar-refractivity contribution in [2.24, 2.45) is 0 Å². The van der Waals surface area contributed by atoms with Crippen LogP contribution in [0.4, 0.5) is 0 Å². The van der Waals surface area contributed by atoms with E-state index < -0.39 is 0 Å². The summed E-state index contributed by atoms with van der Waals surface area (Å²) in [6.07, 6.45) is 2.18. The second-order valence-electron chi connectivity index (χ2n) is 7.54. The molecule has 2 aromatic rings. The van der Waals surface area contributed by atoms with Crippen LogP contribution in [0.25, 0.3) is 10.9 Å². The molecule has 2 amide bonds. The Morgan fingerprint density at radius 3 is 2.76 bits per heavy atom. The minimum atomic E-state index is -0.187. The number of carbonyl (C=O) groups excluding carboxylic acids is 2. The van der Waals surface area contributed by atoms with E-state index in [1.807, 2.05) is 23.9 Å². The summed E-state index contributed by atoms with van der Waals surface area (Å²) in [5.74, 6) is -0.00932. The fourth-order valence-corrected chi connectivity index (χ4v) is 3.74. The molecule has 29 heavy (non-hydrogen) atoms. The van der Waals surface area contributed by atoms with Crippen LogP contribution in [0.5, 0.6) is 0 Å². The average Bonchev–Trinajstić information content (AvgIpc) is 3.08. The van der Waals surface area contributed by atoms with Gasteiger partial charge in [-0.05, 0) is 57.4 Å². The molecule has 1 aromatic carbocycles. The molecule has 0 aliphatic carbocycles. The maximum Gasteiger partial charge on any atom is 0.262 e. The van der Waals surface area contributed by atoms with Crippen LogP contribution in [0.2, 0.25) is 0 Å². The van der Waals surface area contributed by atoms with Crippen LogP contribution in [0.15, 0.2) is 23.0 Å². The fourth-order valence-electron chi connectivity index (χ4n) is 3.45. The second kappa shape index (κ2) is 9.32. The molecule has 1 aliphatic heterocycles. The molecule has 8 nitrogen and oxygen atoms in total. The number of benzene rings is 1. The molecule has 2 heterocycles. The third-order valence-corrected chi connectivity index (χ3v) is 5.39. The Morgan fingerprint density at radius 2 is 2.07 bits per heavy atom. The Hall–Kier alpha value is -2.52. The smallest absolute Gasteiger partial charge is 0.262 e. The Balaban J connectivity index is 1.73. The van der Waals surface area contributed by atoms with Gasteiger partial charge in [0, 0.05) is 44.7 Å². The molecular formula is C20H27N5O3S. The number of likely N-dealkylation sites (tertiary alicyclic amines) is 1. The van der Waals surface area contributed by atoms with Crippen molar-refractivity contribution in [2.75, 3.05) is 40.3 Å². The highest BCUT2D eigenvalue weighted by Gasteiger charge is 2.19. The van der Waals surface area contributed by atoms with Gasteiger partial charge in [-0.2, -0.15) is 0 Å². The number of nitrogens with one attached hydrogen (secondary N) is 2. The molecule has 1 aromatic heterocycles. The zero-order valence-corrected chi connectivity index (χ0v) is 17.7.